The molecular weight excluding hydrogens is 334 g/mol. The summed E-state index contributed by atoms with van der Waals surface area (Å²) in [6.45, 7) is 3.12. The zero-order valence-corrected chi connectivity index (χ0v) is 14.2. The van der Waals surface area contributed by atoms with Crippen LogP contribution in [0.15, 0.2) is 46.0 Å². The summed E-state index contributed by atoms with van der Waals surface area (Å²) in [6, 6.07) is 8.77. The van der Waals surface area contributed by atoms with Gasteiger partial charge in [-0.3, -0.25) is 0 Å². The summed E-state index contributed by atoms with van der Waals surface area (Å²) >= 11 is 5.46. The molecule has 5 heteroatoms. The Morgan fingerprint density at radius 2 is 2.20 bits per heavy atom. The molecule has 2 rings (SSSR count). The van der Waals surface area contributed by atoms with Crippen molar-refractivity contribution in [1.82, 2.24) is 14.9 Å². The minimum atomic E-state index is 0.416. The molecule has 1 aromatic heterocycles. The van der Waals surface area contributed by atoms with Crippen molar-refractivity contribution in [2.75, 3.05) is 12.8 Å². The molecular formula is C15H20BrN3S. The first-order valence-corrected chi connectivity index (χ1v) is 8.57. The number of imidazole rings is 1. The SMILES string of the molecule is CCn1ccnc1CC(CSc1ccccc1Br)NC. The maximum absolute atomic E-state index is 4.45. The van der Waals surface area contributed by atoms with E-state index in [2.05, 4.69) is 55.9 Å². The summed E-state index contributed by atoms with van der Waals surface area (Å²) in [7, 11) is 2.02. The maximum atomic E-state index is 4.45. The predicted molar refractivity (Wildman–Crippen MR) is 89.3 cm³/mol. The lowest BCUT2D eigenvalue weighted by Crippen LogP contribution is -2.31. The quantitative estimate of drug-likeness (QED) is 0.771. The molecule has 0 saturated carbocycles. The van der Waals surface area contributed by atoms with Crippen LogP contribution in [-0.2, 0) is 13.0 Å². The largest absolute Gasteiger partial charge is 0.335 e. The van der Waals surface area contributed by atoms with Crippen molar-refractivity contribution in [2.45, 2.75) is 30.8 Å². The number of benzene rings is 1. The van der Waals surface area contributed by atoms with Gasteiger partial charge in [-0.05, 0) is 42.0 Å². The van der Waals surface area contributed by atoms with Crippen LogP contribution in [-0.4, -0.2) is 28.4 Å². The van der Waals surface area contributed by atoms with Crippen molar-refractivity contribution < 1.29 is 0 Å². The Kier molecular flexibility index (Phi) is 6.13. The topological polar surface area (TPSA) is 29.9 Å². The van der Waals surface area contributed by atoms with Crippen LogP contribution >= 0.6 is 27.7 Å². The summed E-state index contributed by atoms with van der Waals surface area (Å²) in [5, 5.41) is 3.39. The fourth-order valence-electron chi connectivity index (χ4n) is 2.03. The van der Waals surface area contributed by atoms with Crippen molar-refractivity contribution in [3.63, 3.8) is 0 Å². The second-order valence-electron chi connectivity index (χ2n) is 4.56. The van der Waals surface area contributed by atoms with Gasteiger partial charge in [-0.15, -0.1) is 11.8 Å². The molecule has 108 valence electrons. The van der Waals surface area contributed by atoms with Crippen LogP contribution < -0.4 is 5.32 Å². The first-order chi connectivity index (χ1) is 9.74. The Balaban J connectivity index is 1.94. The first kappa shape index (κ1) is 15.6. The van der Waals surface area contributed by atoms with Gasteiger partial charge < -0.3 is 9.88 Å². The molecule has 1 N–H and O–H groups in total. The third-order valence-corrected chi connectivity index (χ3v) is 5.45. The summed E-state index contributed by atoms with van der Waals surface area (Å²) in [4.78, 5) is 5.74. The molecule has 1 unspecified atom stereocenters. The van der Waals surface area contributed by atoms with Gasteiger partial charge in [0.25, 0.3) is 0 Å². The summed E-state index contributed by atoms with van der Waals surface area (Å²) in [5.74, 6) is 2.18. The van der Waals surface area contributed by atoms with Crippen LogP contribution in [0.5, 0.6) is 0 Å². The minimum absolute atomic E-state index is 0.416. The van der Waals surface area contributed by atoms with E-state index in [1.807, 2.05) is 37.3 Å². The Labute approximate surface area is 133 Å². The molecule has 1 aromatic carbocycles. The predicted octanol–water partition coefficient (Wildman–Crippen LogP) is 3.59. The van der Waals surface area contributed by atoms with Gasteiger partial charge in [0.05, 0.1) is 0 Å². The molecule has 3 nitrogen and oxygen atoms in total. The van der Waals surface area contributed by atoms with Gasteiger partial charge in [-0.25, -0.2) is 4.98 Å². The zero-order valence-electron chi connectivity index (χ0n) is 11.8. The van der Waals surface area contributed by atoms with E-state index in [9.17, 15) is 0 Å². The van der Waals surface area contributed by atoms with E-state index >= 15 is 0 Å². The second-order valence-corrected chi connectivity index (χ2v) is 6.48. The number of nitrogens with one attached hydrogen (secondary N) is 1. The molecule has 0 saturated heterocycles. The fraction of sp³-hybridized carbons (Fsp3) is 0.400. The van der Waals surface area contributed by atoms with Gasteiger partial charge in [0, 0.05) is 46.5 Å². The number of hydrogen-bond donors (Lipinski definition) is 1. The van der Waals surface area contributed by atoms with Crippen LogP contribution in [0.25, 0.3) is 0 Å². The number of rotatable bonds is 7. The molecule has 0 aliphatic heterocycles. The Morgan fingerprint density at radius 3 is 2.90 bits per heavy atom. The van der Waals surface area contributed by atoms with Crippen LogP contribution in [0, 0.1) is 0 Å². The standard InChI is InChI=1S/C15H20BrN3S/c1-3-19-9-8-18-15(19)10-12(17-2)11-20-14-7-5-4-6-13(14)16/h4-9,12,17H,3,10-11H2,1-2H3. The lowest BCUT2D eigenvalue weighted by atomic mass is 10.2. The third kappa shape index (κ3) is 4.11. The molecule has 1 heterocycles. The van der Waals surface area contributed by atoms with Crippen LogP contribution in [0.1, 0.15) is 12.7 Å². The molecule has 0 aliphatic rings. The number of aryl methyl sites for hydroxylation is 1. The van der Waals surface area contributed by atoms with Gasteiger partial charge in [-0.2, -0.15) is 0 Å². The molecule has 0 fully saturated rings. The highest BCUT2D eigenvalue weighted by Gasteiger charge is 2.12. The Hall–Kier alpha value is -0.780. The summed E-state index contributed by atoms with van der Waals surface area (Å²) < 4.78 is 3.36. The van der Waals surface area contributed by atoms with E-state index in [0.717, 1.165) is 29.0 Å². The van der Waals surface area contributed by atoms with E-state index < -0.39 is 0 Å². The number of hydrogen-bond acceptors (Lipinski definition) is 3. The number of thioether (sulfide) groups is 1. The van der Waals surface area contributed by atoms with Crippen LogP contribution in [0.2, 0.25) is 0 Å². The molecule has 1 atom stereocenters. The average Bonchev–Trinajstić information content (AvgIpc) is 2.92. The molecule has 0 bridgehead atoms. The lowest BCUT2D eigenvalue weighted by Gasteiger charge is -2.16. The second kappa shape index (κ2) is 7.86. The van der Waals surface area contributed by atoms with Crippen molar-refractivity contribution in [1.29, 1.82) is 0 Å². The van der Waals surface area contributed by atoms with Gasteiger partial charge in [0.15, 0.2) is 0 Å². The molecule has 0 aliphatic carbocycles. The smallest absolute Gasteiger partial charge is 0.110 e. The van der Waals surface area contributed by atoms with Crippen LogP contribution in [0.4, 0.5) is 0 Å². The van der Waals surface area contributed by atoms with Gasteiger partial charge >= 0.3 is 0 Å². The highest BCUT2D eigenvalue weighted by Crippen LogP contribution is 2.27. The van der Waals surface area contributed by atoms with Gasteiger partial charge in [0.1, 0.15) is 5.82 Å². The van der Waals surface area contributed by atoms with E-state index in [0.29, 0.717) is 6.04 Å². The normalized spacial score (nSPS) is 12.6. The van der Waals surface area contributed by atoms with E-state index in [1.54, 1.807) is 0 Å². The van der Waals surface area contributed by atoms with Gasteiger partial charge in [0.2, 0.25) is 0 Å². The van der Waals surface area contributed by atoms with Crippen LogP contribution in [0.3, 0.4) is 0 Å². The Bertz CT molecular complexity index is 541. The number of likely N-dealkylation sites (N-methyl/N-ethyl adjacent to an activating group) is 1. The first-order valence-electron chi connectivity index (χ1n) is 6.79. The molecule has 2 aromatic rings. The van der Waals surface area contributed by atoms with Crippen molar-refractivity contribution in [2.24, 2.45) is 0 Å². The van der Waals surface area contributed by atoms with E-state index in [-0.39, 0.29) is 0 Å². The Morgan fingerprint density at radius 1 is 1.40 bits per heavy atom. The molecule has 0 spiro atoms. The molecule has 0 radical (unpaired) electrons. The maximum Gasteiger partial charge on any atom is 0.110 e. The van der Waals surface area contributed by atoms with Crippen molar-refractivity contribution in [3.8, 4) is 0 Å². The van der Waals surface area contributed by atoms with Gasteiger partial charge in [-0.1, -0.05) is 12.1 Å². The highest BCUT2D eigenvalue weighted by atomic mass is 79.9. The number of nitrogens with zero attached hydrogens (tertiary/aromatic N) is 2. The molecule has 0 amide bonds. The third-order valence-electron chi connectivity index (χ3n) is 3.26. The number of aromatic nitrogens is 2. The number of halogens is 1. The highest BCUT2D eigenvalue weighted by molar-refractivity contribution is 9.10. The zero-order chi connectivity index (χ0) is 14.4. The van der Waals surface area contributed by atoms with E-state index in [1.165, 1.54) is 4.90 Å². The minimum Gasteiger partial charge on any atom is -0.335 e. The van der Waals surface area contributed by atoms with Crippen molar-refractivity contribution in [3.05, 3.63) is 47.0 Å². The average molecular weight is 354 g/mol. The summed E-state index contributed by atoms with van der Waals surface area (Å²) in [6.07, 6.45) is 4.88. The van der Waals surface area contributed by atoms with E-state index in [4.69, 9.17) is 0 Å². The summed E-state index contributed by atoms with van der Waals surface area (Å²) in [5.41, 5.74) is 0. The lowest BCUT2D eigenvalue weighted by molar-refractivity contribution is 0.573. The molecule has 20 heavy (non-hydrogen) atoms. The fourth-order valence-corrected chi connectivity index (χ4v) is 3.71. The van der Waals surface area contributed by atoms with Crippen molar-refractivity contribution >= 4 is 27.7 Å². The monoisotopic (exact) mass is 353 g/mol.